The summed E-state index contributed by atoms with van der Waals surface area (Å²) in [7, 11) is 0. The predicted octanol–water partition coefficient (Wildman–Crippen LogP) is 3.28. The minimum absolute atomic E-state index is 0.130. The van der Waals surface area contributed by atoms with E-state index in [1.807, 2.05) is 6.92 Å². The Labute approximate surface area is 87.2 Å². The van der Waals surface area contributed by atoms with Crippen LogP contribution in [0.1, 0.15) is 34.1 Å². The molecule has 2 unspecified atom stereocenters. The number of hydrogen-bond acceptors (Lipinski definition) is 3. The van der Waals surface area contributed by atoms with Gasteiger partial charge in [0.25, 0.3) is 0 Å². The van der Waals surface area contributed by atoms with Gasteiger partial charge in [-0.1, -0.05) is 20.8 Å². The quantitative estimate of drug-likeness (QED) is 0.600. The molecule has 0 aromatic rings. The summed E-state index contributed by atoms with van der Waals surface area (Å²) in [6.07, 6.45) is 0.914. The molecule has 0 spiro atoms. The fourth-order valence-corrected chi connectivity index (χ4v) is 1.15. The molecule has 3 heteroatoms. The second-order valence-corrected chi connectivity index (χ2v) is 4.41. The van der Waals surface area contributed by atoms with Gasteiger partial charge in [0.15, 0.2) is 0 Å². The van der Waals surface area contributed by atoms with Crippen LogP contribution in [0.15, 0.2) is 10.2 Å². The Morgan fingerprint density at radius 2 is 1.64 bits per heavy atom. The van der Waals surface area contributed by atoms with E-state index in [0.717, 1.165) is 19.5 Å². The van der Waals surface area contributed by atoms with Gasteiger partial charge in [0.05, 0.1) is 19.2 Å². The highest BCUT2D eigenvalue weighted by Crippen LogP contribution is 2.11. The molecule has 14 heavy (non-hydrogen) atoms. The Morgan fingerprint density at radius 1 is 1.07 bits per heavy atom. The molecule has 80 valence electrons. The first-order valence-electron chi connectivity index (χ1n) is 5.29. The summed E-state index contributed by atoms with van der Waals surface area (Å²) in [5, 5.41) is 16.8. The molecule has 0 aliphatic carbocycles. The van der Waals surface area contributed by atoms with Crippen LogP contribution in [0.3, 0.4) is 0 Å². The number of rotatable bonds is 6. The van der Waals surface area contributed by atoms with E-state index in [2.05, 4.69) is 37.1 Å². The van der Waals surface area contributed by atoms with Gasteiger partial charge in [0.1, 0.15) is 0 Å². The molecule has 0 radical (unpaired) electrons. The van der Waals surface area contributed by atoms with Gasteiger partial charge in [-0.15, -0.1) is 0 Å². The van der Waals surface area contributed by atoms with Crippen molar-refractivity contribution in [2.45, 2.75) is 34.1 Å². The second-order valence-electron chi connectivity index (χ2n) is 4.41. The molecule has 0 heterocycles. The molecular weight excluding hydrogens is 174 g/mol. The normalized spacial score (nSPS) is 15.7. The molecule has 0 aliphatic heterocycles. The maximum absolute atomic E-state index is 8.62. The van der Waals surface area contributed by atoms with Crippen molar-refractivity contribution in [3.8, 4) is 6.07 Å². The standard InChI is InChI=1S/C11H21N3/c1-9(2)7-13-14-8-11(4)5-10(3)6-12/h9-11H,5,7-8H2,1-4H3. The topological polar surface area (TPSA) is 48.5 Å². The van der Waals surface area contributed by atoms with E-state index in [9.17, 15) is 0 Å². The van der Waals surface area contributed by atoms with Crippen LogP contribution in [0.5, 0.6) is 0 Å². The molecule has 3 nitrogen and oxygen atoms in total. The lowest BCUT2D eigenvalue weighted by Gasteiger charge is -2.08. The summed E-state index contributed by atoms with van der Waals surface area (Å²) < 4.78 is 0. The SMILES string of the molecule is CC(C)CN=NCC(C)CC(C)C#N. The van der Waals surface area contributed by atoms with Crippen molar-refractivity contribution < 1.29 is 0 Å². The maximum atomic E-state index is 8.62. The first-order valence-corrected chi connectivity index (χ1v) is 5.29. The second kappa shape index (κ2) is 7.49. The molecule has 0 fully saturated rings. The molecule has 0 aromatic carbocycles. The molecule has 0 N–H and O–H groups in total. The van der Waals surface area contributed by atoms with Crippen molar-refractivity contribution in [2.24, 2.45) is 28.0 Å². The van der Waals surface area contributed by atoms with Crippen molar-refractivity contribution in [2.75, 3.05) is 13.1 Å². The van der Waals surface area contributed by atoms with E-state index in [4.69, 9.17) is 5.26 Å². The number of hydrogen-bond donors (Lipinski definition) is 0. The monoisotopic (exact) mass is 195 g/mol. The van der Waals surface area contributed by atoms with E-state index >= 15 is 0 Å². The van der Waals surface area contributed by atoms with Crippen LogP contribution in [-0.2, 0) is 0 Å². The van der Waals surface area contributed by atoms with Crippen molar-refractivity contribution in [3.63, 3.8) is 0 Å². The van der Waals surface area contributed by atoms with Crippen LogP contribution in [0.2, 0.25) is 0 Å². The van der Waals surface area contributed by atoms with Gasteiger partial charge >= 0.3 is 0 Å². The minimum atomic E-state index is 0.130. The number of nitriles is 1. The Morgan fingerprint density at radius 3 is 2.14 bits per heavy atom. The molecule has 0 bridgehead atoms. The smallest absolute Gasteiger partial charge is 0.0652 e. The summed E-state index contributed by atoms with van der Waals surface area (Å²) in [5.41, 5.74) is 0. The van der Waals surface area contributed by atoms with Crippen molar-refractivity contribution in [1.29, 1.82) is 5.26 Å². The lowest BCUT2D eigenvalue weighted by Crippen LogP contribution is -2.04. The molecule has 0 amide bonds. The van der Waals surface area contributed by atoms with E-state index in [1.165, 1.54) is 0 Å². The lowest BCUT2D eigenvalue weighted by atomic mass is 9.99. The summed E-state index contributed by atoms with van der Waals surface area (Å²) in [6, 6.07) is 2.23. The molecule has 0 aliphatic rings. The molecule has 2 atom stereocenters. The van der Waals surface area contributed by atoms with Crippen molar-refractivity contribution in [3.05, 3.63) is 0 Å². The van der Waals surface area contributed by atoms with Crippen LogP contribution in [0, 0.1) is 29.1 Å². The van der Waals surface area contributed by atoms with E-state index in [0.29, 0.717) is 11.8 Å². The van der Waals surface area contributed by atoms with Gasteiger partial charge in [-0.25, -0.2) is 0 Å². The predicted molar refractivity (Wildman–Crippen MR) is 58.0 cm³/mol. The van der Waals surface area contributed by atoms with Crippen LogP contribution < -0.4 is 0 Å². The van der Waals surface area contributed by atoms with Gasteiger partial charge in [-0.3, -0.25) is 0 Å². The summed E-state index contributed by atoms with van der Waals surface area (Å²) in [6.45, 7) is 9.86. The van der Waals surface area contributed by atoms with Crippen LogP contribution >= 0.6 is 0 Å². The van der Waals surface area contributed by atoms with E-state index in [1.54, 1.807) is 0 Å². The van der Waals surface area contributed by atoms with Gasteiger partial charge in [-0.2, -0.15) is 15.5 Å². The van der Waals surface area contributed by atoms with Crippen LogP contribution in [0.4, 0.5) is 0 Å². The highest BCUT2D eigenvalue weighted by Gasteiger charge is 2.06. The first kappa shape index (κ1) is 13.1. The first-order chi connectivity index (χ1) is 6.56. The van der Waals surface area contributed by atoms with Gasteiger partial charge in [-0.05, 0) is 25.2 Å². The molecule has 0 saturated carbocycles. The van der Waals surface area contributed by atoms with Gasteiger partial charge in [0.2, 0.25) is 0 Å². The third-order valence-corrected chi connectivity index (χ3v) is 1.92. The molecule has 0 saturated heterocycles. The minimum Gasteiger partial charge on any atom is -0.198 e. The summed E-state index contributed by atoms with van der Waals surface area (Å²) in [4.78, 5) is 0. The third kappa shape index (κ3) is 7.72. The Hall–Kier alpha value is -0.910. The zero-order chi connectivity index (χ0) is 11.0. The summed E-state index contributed by atoms with van der Waals surface area (Å²) >= 11 is 0. The maximum Gasteiger partial charge on any atom is 0.0652 e. The largest absolute Gasteiger partial charge is 0.198 e. The fraction of sp³-hybridized carbons (Fsp3) is 0.909. The molecule has 0 aromatic heterocycles. The lowest BCUT2D eigenvalue weighted by molar-refractivity contribution is 0.471. The molecule has 0 rings (SSSR count). The summed E-state index contributed by atoms with van der Waals surface area (Å²) in [5.74, 6) is 1.16. The third-order valence-electron chi connectivity index (χ3n) is 1.92. The molecular formula is C11H21N3. The van der Waals surface area contributed by atoms with E-state index in [-0.39, 0.29) is 5.92 Å². The Balaban J connectivity index is 3.59. The average molecular weight is 195 g/mol. The zero-order valence-electron chi connectivity index (χ0n) is 9.70. The fourth-order valence-electron chi connectivity index (χ4n) is 1.15. The Kier molecular flexibility index (Phi) is 7.00. The average Bonchev–Trinajstić information content (AvgIpc) is 2.12. The highest BCUT2D eigenvalue weighted by atomic mass is 15.1. The highest BCUT2D eigenvalue weighted by molar-refractivity contribution is 4.80. The zero-order valence-corrected chi connectivity index (χ0v) is 9.70. The number of azo groups is 1. The van der Waals surface area contributed by atoms with Gasteiger partial charge < -0.3 is 0 Å². The van der Waals surface area contributed by atoms with E-state index < -0.39 is 0 Å². The van der Waals surface area contributed by atoms with Crippen LogP contribution in [0.25, 0.3) is 0 Å². The van der Waals surface area contributed by atoms with Crippen molar-refractivity contribution in [1.82, 2.24) is 0 Å². The van der Waals surface area contributed by atoms with Crippen LogP contribution in [-0.4, -0.2) is 13.1 Å². The Bertz CT molecular complexity index is 203. The van der Waals surface area contributed by atoms with Crippen molar-refractivity contribution >= 4 is 0 Å². The van der Waals surface area contributed by atoms with Gasteiger partial charge in [0, 0.05) is 5.92 Å². The number of nitrogens with zero attached hydrogens (tertiary/aromatic N) is 3.